The Morgan fingerprint density at radius 1 is 0.490 bits per heavy atom. The van der Waals surface area contributed by atoms with Crippen LogP contribution in [0.5, 0.6) is 0 Å². The second kappa shape index (κ2) is 12.5. The van der Waals surface area contributed by atoms with Crippen molar-refractivity contribution in [2.24, 2.45) is 0 Å². The van der Waals surface area contributed by atoms with Crippen LogP contribution in [0.4, 0.5) is 28.4 Å². The van der Waals surface area contributed by atoms with E-state index in [1.54, 1.807) is 0 Å². The van der Waals surface area contributed by atoms with Crippen LogP contribution in [0.2, 0.25) is 0 Å². The molecule has 1 atom stereocenters. The lowest BCUT2D eigenvalue weighted by atomic mass is 9.89. The van der Waals surface area contributed by atoms with Gasteiger partial charge in [0.2, 0.25) is 0 Å². The van der Waals surface area contributed by atoms with Crippen molar-refractivity contribution < 1.29 is 0 Å². The van der Waals surface area contributed by atoms with E-state index in [2.05, 4.69) is 198 Å². The van der Waals surface area contributed by atoms with Crippen molar-refractivity contribution in [3.8, 4) is 0 Å². The van der Waals surface area contributed by atoms with E-state index >= 15 is 0 Å². The fourth-order valence-corrected chi connectivity index (χ4v) is 7.76. The Bertz CT molecular complexity index is 2510. The lowest BCUT2D eigenvalue weighted by Crippen LogP contribution is -2.32. The van der Waals surface area contributed by atoms with Gasteiger partial charge in [-0.1, -0.05) is 152 Å². The highest BCUT2D eigenvalue weighted by Crippen LogP contribution is 2.52. The first-order valence-corrected chi connectivity index (χ1v) is 17.2. The van der Waals surface area contributed by atoms with E-state index in [4.69, 9.17) is 0 Å². The summed E-state index contributed by atoms with van der Waals surface area (Å²) in [6, 6.07) is 51.0. The Morgan fingerprint density at radius 3 is 1.86 bits per heavy atom. The number of hydrogen-bond acceptors (Lipinski definition) is 2. The first-order chi connectivity index (χ1) is 24.4. The fraction of sp³-hybridized carbons (Fsp3) is 0.0638. The van der Waals surface area contributed by atoms with E-state index in [1.165, 1.54) is 59.8 Å². The van der Waals surface area contributed by atoms with Gasteiger partial charge in [0.1, 0.15) is 0 Å². The van der Waals surface area contributed by atoms with Crippen LogP contribution < -0.4 is 20.2 Å². The fourth-order valence-electron chi connectivity index (χ4n) is 7.76. The molecule has 0 spiro atoms. The van der Waals surface area contributed by atoms with Crippen molar-refractivity contribution in [1.29, 1.82) is 0 Å². The number of hydrogen-bond donors (Lipinski definition) is 0. The molecule has 0 saturated carbocycles. The molecule has 0 saturated heterocycles. The summed E-state index contributed by atoms with van der Waals surface area (Å²) in [6.07, 6.45) is 20.0. The van der Waals surface area contributed by atoms with Gasteiger partial charge in [-0.15, -0.1) is 0 Å². The van der Waals surface area contributed by atoms with Crippen LogP contribution in [-0.2, 0) is 0 Å². The smallest absolute Gasteiger partial charge is 0.0784 e. The molecule has 2 heteroatoms. The molecule has 0 heterocycles. The van der Waals surface area contributed by atoms with E-state index in [0.29, 0.717) is 0 Å². The zero-order chi connectivity index (χ0) is 32.6. The van der Waals surface area contributed by atoms with E-state index in [9.17, 15) is 0 Å². The molecule has 2 aliphatic carbocycles. The molecule has 0 aromatic heterocycles. The molecule has 0 radical (unpaired) electrons. The summed E-state index contributed by atoms with van der Waals surface area (Å²) in [4.78, 5) is 5.07. The number of nitrogens with zero attached hydrogens (tertiary/aromatic N) is 2. The highest BCUT2D eigenvalue weighted by molar-refractivity contribution is 6.29. The van der Waals surface area contributed by atoms with Gasteiger partial charge in [0.25, 0.3) is 0 Å². The third kappa shape index (κ3) is 5.05. The van der Waals surface area contributed by atoms with Gasteiger partial charge in [0, 0.05) is 38.6 Å². The monoisotopic (exact) mass is 628 g/mol. The lowest BCUT2D eigenvalue weighted by molar-refractivity contribution is 0.787. The van der Waals surface area contributed by atoms with Gasteiger partial charge >= 0.3 is 0 Å². The Kier molecular flexibility index (Phi) is 7.40. The van der Waals surface area contributed by atoms with Gasteiger partial charge in [-0.3, -0.25) is 0 Å². The maximum atomic E-state index is 2.59. The molecule has 0 aliphatic heterocycles. The van der Waals surface area contributed by atoms with Gasteiger partial charge in [-0.05, 0) is 70.4 Å². The van der Waals surface area contributed by atoms with Crippen LogP contribution in [0.3, 0.4) is 0 Å². The molecule has 234 valence electrons. The number of anilines is 5. The molecule has 0 N–H and O–H groups in total. The predicted molar refractivity (Wildman–Crippen MR) is 211 cm³/mol. The van der Waals surface area contributed by atoms with Crippen molar-refractivity contribution in [3.05, 3.63) is 186 Å². The molecule has 49 heavy (non-hydrogen) atoms. The minimum absolute atomic E-state index is 0.120. The van der Waals surface area contributed by atoms with Crippen LogP contribution in [0.15, 0.2) is 176 Å². The standard InChI is InChI=1S/C47H36N2/c1-6-18-34-30-32-42-44(40(34)28-15-1)45-41-29-17-16-19-35(41)31-33-43(45)47(49(38-24-11-4-12-25-38)39-26-13-5-14-27-39)46(42)48(36-20-7-2-8-21-36)37-22-9-3-10-23-37/h1-5,7-22,24-33,37H,6,23H2. The van der Waals surface area contributed by atoms with Crippen LogP contribution in [-0.4, -0.2) is 6.04 Å². The van der Waals surface area contributed by atoms with Gasteiger partial charge < -0.3 is 9.80 Å². The largest absolute Gasteiger partial charge is 0.332 e. The van der Waals surface area contributed by atoms with E-state index in [1.807, 2.05) is 0 Å². The third-order valence-electron chi connectivity index (χ3n) is 9.88. The lowest BCUT2D eigenvalue weighted by Gasteiger charge is -2.39. The number of rotatable bonds is 6. The molecule has 7 aromatic rings. The minimum atomic E-state index is 0.120. The average molecular weight is 629 g/mol. The summed E-state index contributed by atoms with van der Waals surface area (Å²) in [7, 11) is 0. The molecule has 0 bridgehead atoms. The summed E-state index contributed by atoms with van der Waals surface area (Å²) < 4.78 is 0. The van der Waals surface area contributed by atoms with Crippen molar-refractivity contribution in [2.45, 2.75) is 18.9 Å². The van der Waals surface area contributed by atoms with E-state index in [-0.39, 0.29) is 6.04 Å². The predicted octanol–water partition coefficient (Wildman–Crippen LogP) is 11.2. The SMILES string of the molecule is C1=CCC=c2ccc3c(N(c4ccccc4)C4C=CC=CC4)c(N(c4ccccc4)c4ccccc4)c4ccc5ccccc5c4c3c2=C1. The molecule has 0 fully saturated rings. The quantitative estimate of drug-likeness (QED) is 0.134. The summed E-state index contributed by atoms with van der Waals surface area (Å²) in [5, 5.41) is 10.1. The molecular formula is C47H36N2. The van der Waals surface area contributed by atoms with Gasteiger partial charge in [0.15, 0.2) is 0 Å². The molecular weight excluding hydrogens is 593 g/mol. The zero-order valence-electron chi connectivity index (χ0n) is 27.3. The van der Waals surface area contributed by atoms with Crippen molar-refractivity contribution in [3.63, 3.8) is 0 Å². The minimum Gasteiger partial charge on any atom is -0.332 e. The summed E-state index contributed by atoms with van der Waals surface area (Å²) in [5.41, 5.74) is 5.78. The molecule has 2 nitrogen and oxygen atoms in total. The summed E-state index contributed by atoms with van der Waals surface area (Å²) in [5.74, 6) is 0. The Labute approximate surface area is 287 Å². The molecule has 0 amide bonds. The topological polar surface area (TPSA) is 6.48 Å². The first kappa shape index (κ1) is 29.1. The number of benzene rings is 7. The van der Waals surface area contributed by atoms with Crippen molar-refractivity contribution in [1.82, 2.24) is 0 Å². The summed E-state index contributed by atoms with van der Waals surface area (Å²) >= 11 is 0. The van der Waals surface area contributed by atoms with Gasteiger partial charge in [-0.2, -0.15) is 0 Å². The Hall–Kier alpha value is -6.12. The zero-order valence-corrected chi connectivity index (χ0v) is 27.3. The highest BCUT2D eigenvalue weighted by atomic mass is 15.2. The molecule has 2 aliphatic rings. The number of fused-ring (bicyclic) bond motifs is 7. The van der Waals surface area contributed by atoms with Crippen LogP contribution in [0, 0.1) is 0 Å². The molecule has 9 rings (SSSR count). The highest BCUT2D eigenvalue weighted by Gasteiger charge is 2.30. The summed E-state index contributed by atoms with van der Waals surface area (Å²) in [6.45, 7) is 0. The number of para-hydroxylation sites is 3. The van der Waals surface area contributed by atoms with E-state index < -0.39 is 0 Å². The Morgan fingerprint density at radius 2 is 1.14 bits per heavy atom. The van der Waals surface area contributed by atoms with Crippen LogP contribution in [0.25, 0.3) is 44.5 Å². The first-order valence-electron chi connectivity index (χ1n) is 17.2. The number of allylic oxidation sites excluding steroid dienone is 4. The normalized spacial score (nSPS) is 15.1. The maximum absolute atomic E-state index is 2.59. The van der Waals surface area contributed by atoms with E-state index in [0.717, 1.165) is 24.2 Å². The average Bonchev–Trinajstić information content (AvgIpc) is 3.43. The molecule has 1 unspecified atom stereocenters. The Balaban J connectivity index is 1.56. The maximum Gasteiger partial charge on any atom is 0.0784 e. The van der Waals surface area contributed by atoms with Crippen molar-refractivity contribution in [2.75, 3.05) is 9.80 Å². The molecule has 7 aromatic carbocycles. The van der Waals surface area contributed by atoms with Gasteiger partial charge in [0.05, 0.1) is 17.4 Å². The third-order valence-corrected chi connectivity index (χ3v) is 9.88. The van der Waals surface area contributed by atoms with Crippen LogP contribution in [0.1, 0.15) is 12.8 Å². The second-order valence-corrected chi connectivity index (χ2v) is 12.8. The van der Waals surface area contributed by atoms with Crippen molar-refractivity contribution >= 4 is 72.9 Å². The van der Waals surface area contributed by atoms with Gasteiger partial charge in [-0.25, -0.2) is 0 Å². The second-order valence-electron chi connectivity index (χ2n) is 12.8. The van der Waals surface area contributed by atoms with Crippen LogP contribution >= 0.6 is 0 Å².